The molecule has 0 nitrogen and oxygen atoms in total. The molecule has 0 spiro atoms. The minimum absolute atomic E-state index is 0.186. The molecule has 2 aromatic carbocycles. The summed E-state index contributed by atoms with van der Waals surface area (Å²) in [5.41, 5.74) is 9.31. The van der Waals surface area contributed by atoms with Crippen LogP contribution >= 0.6 is 0 Å². The molecule has 0 heterocycles. The molecule has 0 aliphatic heterocycles. The largest absolute Gasteiger partial charge is 0.139 e. The Hall–Kier alpha value is -1.43. The lowest BCUT2D eigenvalue weighted by Gasteiger charge is -2.39. The molecule has 0 aromatic heterocycles. The summed E-state index contributed by atoms with van der Waals surface area (Å²) < 4.78 is 0. The van der Waals surface area contributed by atoms with Crippen LogP contribution < -0.4 is 10.9 Å². The Morgan fingerprint density at radius 3 is 1.45 bits per heavy atom. The lowest BCUT2D eigenvalue weighted by molar-refractivity contribution is 0.266. The molecule has 0 N–H and O–H groups in total. The molecule has 3 rings (SSSR count). The SMILES string of the molecule is Bc1ccc2c(c1)C(CC(CC)CCCC)(CC(CC)CCCC)c1cc(B)ccc1-2. The summed E-state index contributed by atoms with van der Waals surface area (Å²) in [4.78, 5) is 0. The Labute approximate surface area is 194 Å². The van der Waals surface area contributed by atoms with Crippen LogP contribution in [0.5, 0.6) is 0 Å². The van der Waals surface area contributed by atoms with E-state index in [0.717, 1.165) is 11.8 Å². The average molecular weight is 414 g/mol. The predicted molar refractivity (Wildman–Crippen MR) is 145 cm³/mol. The van der Waals surface area contributed by atoms with Gasteiger partial charge in [-0.3, -0.25) is 0 Å². The van der Waals surface area contributed by atoms with E-state index in [-0.39, 0.29) is 5.41 Å². The lowest BCUT2D eigenvalue weighted by Crippen LogP contribution is -2.33. The van der Waals surface area contributed by atoms with Crippen molar-refractivity contribution < 1.29 is 0 Å². The molecule has 0 saturated carbocycles. The van der Waals surface area contributed by atoms with Gasteiger partial charge in [0.1, 0.15) is 15.7 Å². The van der Waals surface area contributed by atoms with Crippen molar-refractivity contribution in [2.45, 2.75) is 97.3 Å². The fourth-order valence-electron chi connectivity index (χ4n) is 6.12. The highest BCUT2D eigenvalue weighted by molar-refractivity contribution is 6.33. The average Bonchev–Trinajstić information content (AvgIpc) is 3.02. The molecular weight excluding hydrogens is 370 g/mol. The Bertz CT molecular complexity index is 782. The van der Waals surface area contributed by atoms with Crippen molar-refractivity contribution in [3.63, 3.8) is 0 Å². The molecule has 0 bridgehead atoms. The van der Waals surface area contributed by atoms with Gasteiger partial charge in [-0.15, -0.1) is 0 Å². The second kappa shape index (κ2) is 10.9. The van der Waals surface area contributed by atoms with Crippen LogP contribution in [0.4, 0.5) is 0 Å². The third-order valence-corrected chi connectivity index (χ3v) is 8.03. The van der Waals surface area contributed by atoms with Gasteiger partial charge in [-0.1, -0.05) is 126 Å². The number of fused-ring (bicyclic) bond motifs is 3. The molecule has 0 fully saturated rings. The zero-order valence-corrected chi connectivity index (χ0v) is 21.2. The van der Waals surface area contributed by atoms with Gasteiger partial charge in [0.05, 0.1) is 0 Å². The fourth-order valence-corrected chi connectivity index (χ4v) is 6.12. The smallest absolute Gasteiger partial charge is 0.0886 e. The van der Waals surface area contributed by atoms with E-state index in [0.29, 0.717) is 0 Å². The van der Waals surface area contributed by atoms with Gasteiger partial charge in [0.2, 0.25) is 0 Å². The first-order valence-electron chi connectivity index (χ1n) is 13.2. The Balaban J connectivity index is 2.16. The van der Waals surface area contributed by atoms with E-state index in [1.54, 1.807) is 11.1 Å². The molecular formula is C29H44B2. The standard InChI is InChI=1S/C29H44B2/c1-5-9-11-21(7-3)19-29(20-22(8-4)12-10-6-2)27-17-23(30)13-15-25(27)26-16-14-24(31)18-28(26)29/h13-18,21-22H,5-12,19-20,30-31H2,1-4H3. The van der Waals surface area contributed by atoms with E-state index in [9.17, 15) is 0 Å². The Kier molecular flexibility index (Phi) is 8.54. The van der Waals surface area contributed by atoms with E-state index in [1.807, 2.05) is 0 Å². The van der Waals surface area contributed by atoms with Crippen molar-refractivity contribution in [2.75, 3.05) is 0 Å². The summed E-state index contributed by atoms with van der Waals surface area (Å²) in [5.74, 6) is 1.62. The lowest BCUT2D eigenvalue weighted by atomic mass is 9.64. The van der Waals surface area contributed by atoms with Gasteiger partial charge in [0.25, 0.3) is 0 Å². The quantitative estimate of drug-likeness (QED) is 0.392. The van der Waals surface area contributed by atoms with Gasteiger partial charge in [0.15, 0.2) is 0 Å². The summed E-state index contributed by atoms with van der Waals surface area (Å²) in [6.07, 6.45) is 13.3. The summed E-state index contributed by atoms with van der Waals surface area (Å²) in [5, 5.41) is 0. The van der Waals surface area contributed by atoms with Crippen LogP contribution in [0.25, 0.3) is 11.1 Å². The Morgan fingerprint density at radius 2 is 1.10 bits per heavy atom. The molecule has 0 radical (unpaired) electrons. The van der Waals surface area contributed by atoms with Crippen molar-refractivity contribution in [3.8, 4) is 11.1 Å². The number of rotatable bonds is 12. The minimum atomic E-state index is 0.186. The van der Waals surface area contributed by atoms with Gasteiger partial charge >= 0.3 is 0 Å². The molecule has 2 unspecified atom stereocenters. The van der Waals surface area contributed by atoms with Gasteiger partial charge < -0.3 is 0 Å². The van der Waals surface area contributed by atoms with Crippen molar-refractivity contribution in [1.82, 2.24) is 0 Å². The molecule has 0 amide bonds. The first kappa shape index (κ1) is 24.2. The molecule has 31 heavy (non-hydrogen) atoms. The second-order valence-electron chi connectivity index (χ2n) is 10.4. The van der Waals surface area contributed by atoms with Crippen molar-refractivity contribution in [1.29, 1.82) is 0 Å². The molecule has 2 atom stereocenters. The topological polar surface area (TPSA) is 0 Å². The monoisotopic (exact) mass is 414 g/mol. The maximum Gasteiger partial charge on any atom is 0.139 e. The highest BCUT2D eigenvalue weighted by atomic mass is 14.5. The molecule has 1 aliphatic carbocycles. The molecule has 0 saturated heterocycles. The number of hydrogen-bond acceptors (Lipinski definition) is 0. The zero-order valence-electron chi connectivity index (χ0n) is 21.2. The van der Waals surface area contributed by atoms with Crippen molar-refractivity contribution >= 4 is 26.6 Å². The molecule has 1 aliphatic rings. The second-order valence-corrected chi connectivity index (χ2v) is 10.4. The normalized spacial score (nSPS) is 16.0. The van der Waals surface area contributed by atoms with Gasteiger partial charge in [-0.25, -0.2) is 0 Å². The maximum absolute atomic E-state index is 2.55. The number of benzene rings is 2. The highest BCUT2D eigenvalue weighted by Crippen LogP contribution is 2.55. The molecule has 2 heteroatoms. The summed E-state index contributed by atoms with van der Waals surface area (Å²) >= 11 is 0. The highest BCUT2D eigenvalue weighted by Gasteiger charge is 2.45. The van der Waals surface area contributed by atoms with E-state index in [1.165, 1.54) is 86.3 Å². The van der Waals surface area contributed by atoms with E-state index in [4.69, 9.17) is 0 Å². The van der Waals surface area contributed by atoms with Crippen molar-refractivity contribution in [2.24, 2.45) is 11.8 Å². The molecule has 166 valence electrons. The van der Waals surface area contributed by atoms with Crippen LogP contribution in [0.2, 0.25) is 0 Å². The summed E-state index contributed by atoms with van der Waals surface area (Å²) in [7, 11) is 4.56. The van der Waals surface area contributed by atoms with Crippen LogP contribution in [0.1, 0.15) is 103 Å². The number of hydrogen-bond donors (Lipinski definition) is 0. The van der Waals surface area contributed by atoms with Crippen molar-refractivity contribution in [3.05, 3.63) is 47.5 Å². The maximum atomic E-state index is 2.55. The van der Waals surface area contributed by atoms with E-state index >= 15 is 0 Å². The summed E-state index contributed by atoms with van der Waals surface area (Å²) in [6, 6.07) is 14.6. The third-order valence-electron chi connectivity index (χ3n) is 8.03. The van der Waals surface area contributed by atoms with E-state index in [2.05, 4.69) is 79.8 Å². The van der Waals surface area contributed by atoms with Crippen LogP contribution in [0.3, 0.4) is 0 Å². The van der Waals surface area contributed by atoms with Crippen LogP contribution in [0, 0.1) is 11.8 Å². The predicted octanol–water partition coefficient (Wildman–Crippen LogP) is 5.68. The number of unbranched alkanes of at least 4 members (excludes halogenated alkanes) is 2. The summed E-state index contributed by atoms with van der Waals surface area (Å²) in [6.45, 7) is 9.53. The first-order chi connectivity index (χ1) is 15.0. The van der Waals surface area contributed by atoms with Crippen LogP contribution in [-0.2, 0) is 5.41 Å². The minimum Gasteiger partial charge on any atom is -0.0886 e. The third kappa shape index (κ3) is 5.15. The zero-order chi connectivity index (χ0) is 22.4. The van der Waals surface area contributed by atoms with Crippen LogP contribution in [-0.4, -0.2) is 15.7 Å². The Morgan fingerprint density at radius 1 is 0.677 bits per heavy atom. The van der Waals surface area contributed by atoms with Gasteiger partial charge in [0, 0.05) is 5.41 Å². The fraction of sp³-hybridized carbons (Fsp3) is 0.586. The van der Waals surface area contributed by atoms with Gasteiger partial charge in [-0.2, -0.15) is 0 Å². The molecule has 2 aromatic rings. The van der Waals surface area contributed by atoms with Gasteiger partial charge in [-0.05, 0) is 46.9 Å². The first-order valence-corrected chi connectivity index (χ1v) is 13.2. The van der Waals surface area contributed by atoms with E-state index < -0.39 is 0 Å². The van der Waals surface area contributed by atoms with Crippen LogP contribution in [0.15, 0.2) is 36.4 Å².